The van der Waals surface area contributed by atoms with Crippen LogP contribution in [-0.2, 0) is 9.53 Å². The Bertz CT molecular complexity index is 872. The van der Waals surface area contributed by atoms with Gasteiger partial charge in [0.05, 0.1) is 12.2 Å². The molecule has 3 rings (SSSR count). The van der Waals surface area contributed by atoms with Gasteiger partial charge in [0, 0.05) is 11.1 Å². The Kier molecular flexibility index (Phi) is 5.05. The summed E-state index contributed by atoms with van der Waals surface area (Å²) in [4.78, 5) is 24.9. The maximum absolute atomic E-state index is 12.6. The highest BCUT2D eigenvalue weighted by Crippen LogP contribution is 2.34. The van der Waals surface area contributed by atoms with Crippen LogP contribution in [0.15, 0.2) is 90.0 Å². The van der Waals surface area contributed by atoms with Crippen LogP contribution in [0.4, 0.5) is 0 Å². The second-order valence-electron chi connectivity index (χ2n) is 5.54. The molecule has 0 saturated heterocycles. The third kappa shape index (κ3) is 3.66. The van der Waals surface area contributed by atoms with Gasteiger partial charge in [0.2, 0.25) is 0 Å². The first-order chi connectivity index (χ1) is 12.2. The van der Waals surface area contributed by atoms with E-state index >= 15 is 0 Å². The van der Waals surface area contributed by atoms with Crippen molar-refractivity contribution in [3.8, 4) is 0 Å². The second-order valence-corrected chi connectivity index (χ2v) is 5.54. The highest BCUT2D eigenvalue weighted by atomic mass is 16.5. The minimum absolute atomic E-state index is 0.144. The van der Waals surface area contributed by atoms with Crippen LogP contribution in [0.3, 0.4) is 0 Å². The SMILES string of the molecule is CCOC(=O)C1=CC=C(c2ccccc2)/C1=C\C(=O)c1ccccc1. The average molecular weight is 330 g/mol. The van der Waals surface area contributed by atoms with E-state index in [0.29, 0.717) is 16.7 Å². The van der Waals surface area contributed by atoms with E-state index in [1.807, 2.05) is 54.6 Å². The first kappa shape index (κ1) is 16.7. The van der Waals surface area contributed by atoms with Crippen LogP contribution >= 0.6 is 0 Å². The minimum atomic E-state index is -0.420. The first-order valence-electron chi connectivity index (χ1n) is 8.17. The van der Waals surface area contributed by atoms with Gasteiger partial charge in [-0.3, -0.25) is 4.79 Å². The van der Waals surface area contributed by atoms with E-state index in [1.54, 1.807) is 25.1 Å². The maximum Gasteiger partial charge on any atom is 0.338 e. The van der Waals surface area contributed by atoms with Gasteiger partial charge in [-0.15, -0.1) is 0 Å². The predicted octanol–water partition coefficient (Wildman–Crippen LogP) is 4.38. The lowest BCUT2D eigenvalue weighted by Gasteiger charge is -2.11. The standard InChI is InChI=1S/C22H18O3/c1-2-25-22(24)19-14-13-18(16-9-5-3-6-10-16)20(19)15-21(23)17-11-7-4-8-12-17/h3-15H,2H2,1H3/b20-15+. The van der Waals surface area contributed by atoms with Crippen molar-refractivity contribution >= 4 is 17.3 Å². The van der Waals surface area contributed by atoms with Crippen molar-refractivity contribution in [1.29, 1.82) is 0 Å². The number of ketones is 1. The van der Waals surface area contributed by atoms with Gasteiger partial charge in [-0.1, -0.05) is 66.7 Å². The predicted molar refractivity (Wildman–Crippen MR) is 98.0 cm³/mol. The summed E-state index contributed by atoms with van der Waals surface area (Å²) in [6.07, 6.45) is 5.08. The number of allylic oxidation sites excluding steroid dienone is 4. The monoisotopic (exact) mass is 330 g/mol. The lowest BCUT2D eigenvalue weighted by Crippen LogP contribution is -2.10. The van der Waals surface area contributed by atoms with Crippen molar-refractivity contribution in [2.24, 2.45) is 0 Å². The number of carbonyl (C=O) groups excluding carboxylic acids is 2. The number of hydrogen-bond donors (Lipinski definition) is 0. The number of hydrogen-bond acceptors (Lipinski definition) is 3. The van der Waals surface area contributed by atoms with E-state index < -0.39 is 5.97 Å². The Morgan fingerprint density at radius 2 is 1.56 bits per heavy atom. The quantitative estimate of drug-likeness (QED) is 0.464. The van der Waals surface area contributed by atoms with Crippen molar-refractivity contribution in [3.05, 3.63) is 101 Å². The highest BCUT2D eigenvalue weighted by molar-refractivity contribution is 6.12. The molecule has 0 amide bonds. The van der Waals surface area contributed by atoms with Crippen LogP contribution in [0.5, 0.6) is 0 Å². The third-order valence-corrected chi connectivity index (χ3v) is 3.91. The summed E-state index contributed by atoms with van der Waals surface area (Å²) in [6, 6.07) is 18.7. The summed E-state index contributed by atoms with van der Waals surface area (Å²) >= 11 is 0. The van der Waals surface area contributed by atoms with Gasteiger partial charge in [-0.05, 0) is 30.2 Å². The molecule has 0 N–H and O–H groups in total. The van der Waals surface area contributed by atoms with Crippen LogP contribution < -0.4 is 0 Å². The first-order valence-corrected chi connectivity index (χ1v) is 8.17. The molecule has 0 heterocycles. The summed E-state index contributed by atoms with van der Waals surface area (Å²) < 4.78 is 5.13. The van der Waals surface area contributed by atoms with Crippen molar-refractivity contribution in [1.82, 2.24) is 0 Å². The zero-order valence-corrected chi connectivity index (χ0v) is 13.9. The largest absolute Gasteiger partial charge is 0.462 e. The maximum atomic E-state index is 12.6. The van der Waals surface area contributed by atoms with Crippen LogP contribution in [0, 0.1) is 0 Å². The van der Waals surface area contributed by atoms with E-state index in [1.165, 1.54) is 6.08 Å². The molecular formula is C22H18O3. The Hall–Kier alpha value is -3.20. The molecule has 1 aliphatic rings. The van der Waals surface area contributed by atoms with Gasteiger partial charge in [-0.25, -0.2) is 4.79 Å². The normalized spacial score (nSPS) is 14.8. The van der Waals surface area contributed by atoms with E-state index in [-0.39, 0.29) is 12.4 Å². The molecule has 2 aromatic rings. The number of rotatable bonds is 5. The molecular weight excluding hydrogens is 312 g/mol. The van der Waals surface area contributed by atoms with Crippen LogP contribution in [0.1, 0.15) is 22.8 Å². The molecule has 3 nitrogen and oxygen atoms in total. The van der Waals surface area contributed by atoms with Gasteiger partial charge < -0.3 is 4.74 Å². The van der Waals surface area contributed by atoms with Crippen LogP contribution in [-0.4, -0.2) is 18.4 Å². The van der Waals surface area contributed by atoms with Crippen molar-refractivity contribution in [2.75, 3.05) is 6.61 Å². The third-order valence-electron chi connectivity index (χ3n) is 3.91. The van der Waals surface area contributed by atoms with Gasteiger partial charge in [0.15, 0.2) is 5.78 Å². The van der Waals surface area contributed by atoms with Gasteiger partial charge in [0.1, 0.15) is 0 Å². The van der Waals surface area contributed by atoms with Gasteiger partial charge in [0.25, 0.3) is 0 Å². The molecule has 0 unspecified atom stereocenters. The van der Waals surface area contributed by atoms with E-state index in [0.717, 1.165) is 11.1 Å². The summed E-state index contributed by atoms with van der Waals surface area (Å²) in [5.41, 5.74) is 3.37. The lowest BCUT2D eigenvalue weighted by atomic mass is 9.94. The molecule has 3 heteroatoms. The van der Waals surface area contributed by atoms with Crippen molar-refractivity contribution < 1.29 is 14.3 Å². The molecule has 0 spiro atoms. The summed E-state index contributed by atoms with van der Waals surface area (Å²) in [7, 11) is 0. The second kappa shape index (κ2) is 7.58. The van der Waals surface area contributed by atoms with Gasteiger partial charge in [-0.2, -0.15) is 0 Å². The zero-order valence-electron chi connectivity index (χ0n) is 13.9. The number of benzene rings is 2. The topological polar surface area (TPSA) is 43.4 Å². The Morgan fingerprint density at radius 3 is 2.20 bits per heavy atom. The Balaban J connectivity index is 2.00. The van der Waals surface area contributed by atoms with Crippen LogP contribution in [0.2, 0.25) is 0 Å². The van der Waals surface area contributed by atoms with E-state index in [2.05, 4.69) is 0 Å². The minimum Gasteiger partial charge on any atom is -0.462 e. The highest BCUT2D eigenvalue weighted by Gasteiger charge is 2.24. The molecule has 0 fully saturated rings. The fourth-order valence-corrected chi connectivity index (χ4v) is 2.72. The zero-order chi connectivity index (χ0) is 17.6. The molecule has 0 aromatic heterocycles. The molecule has 0 aliphatic heterocycles. The average Bonchev–Trinajstić information content (AvgIpc) is 3.07. The number of ether oxygens (including phenoxy) is 1. The van der Waals surface area contributed by atoms with Crippen LogP contribution in [0.25, 0.3) is 5.57 Å². The Labute approximate surface area is 146 Å². The van der Waals surface area contributed by atoms with Gasteiger partial charge >= 0.3 is 5.97 Å². The molecule has 0 atom stereocenters. The Morgan fingerprint density at radius 1 is 0.920 bits per heavy atom. The summed E-state index contributed by atoms with van der Waals surface area (Å²) in [5.74, 6) is -0.564. The lowest BCUT2D eigenvalue weighted by molar-refractivity contribution is -0.138. The van der Waals surface area contributed by atoms with E-state index in [9.17, 15) is 9.59 Å². The summed E-state index contributed by atoms with van der Waals surface area (Å²) in [6.45, 7) is 2.05. The summed E-state index contributed by atoms with van der Waals surface area (Å²) in [5, 5.41) is 0. The molecule has 0 bridgehead atoms. The molecule has 25 heavy (non-hydrogen) atoms. The number of carbonyl (C=O) groups is 2. The fraction of sp³-hybridized carbons (Fsp3) is 0.0909. The smallest absolute Gasteiger partial charge is 0.338 e. The number of esters is 1. The molecule has 2 aromatic carbocycles. The molecule has 124 valence electrons. The molecule has 0 saturated carbocycles. The van der Waals surface area contributed by atoms with Crippen molar-refractivity contribution in [2.45, 2.75) is 6.92 Å². The van der Waals surface area contributed by atoms with E-state index in [4.69, 9.17) is 4.74 Å². The molecule has 1 aliphatic carbocycles. The van der Waals surface area contributed by atoms with Crippen molar-refractivity contribution in [3.63, 3.8) is 0 Å². The molecule has 0 radical (unpaired) electrons. The fourth-order valence-electron chi connectivity index (χ4n) is 2.72.